The van der Waals surface area contributed by atoms with Crippen LogP contribution >= 0.6 is 0 Å². The van der Waals surface area contributed by atoms with Crippen molar-refractivity contribution in [3.63, 3.8) is 0 Å². The van der Waals surface area contributed by atoms with Crippen LogP contribution in [0.4, 0.5) is 8.78 Å². The van der Waals surface area contributed by atoms with Gasteiger partial charge in [-0.25, -0.2) is 21.9 Å². The SMILES string of the molecule is C=CCNS(=O)(=O)c1ccc(C(=O)NC(C(=O)NC)c2ccc(F)c(F)c2)cc1. The van der Waals surface area contributed by atoms with Gasteiger partial charge in [-0.15, -0.1) is 6.58 Å². The molecule has 3 N–H and O–H groups in total. The number of hydrogen-bond donors (Lipinski definition) is 3. The average molecular weight is 423 g/mol. The van der Waals surface area contributed by atoms with Crippen LogP contribution in [0.1, 0.15) is 22.0 Å². The summed E-state index contributed by atoms with van der Waals surface area (Å²) in [6.07, 6.45) is 1.39. The summed E-state index contributed by atoms with van der Waals surface area (Å²) < 4.78 is 53.1. The maximum Gasteiger partial charge on any atom is 0.252 e. The molecule has 2 aromatic rings. The lowest BCUT2D eigenvalue weighted by Gasteiger charge is -2.18. The van der Waals surface area contributed by atoms with E-state index < -0.39 is 39.5 Å². The van der Waals surface area contributed by atoms with Gasteiger partial charge in [-0.3, -0.25) is 9.59 Å². The van der Waals surface area contributed by atoms with Crippen molar-refractivity contribution in [3.05, 3.63) is 77.9 Å². The van der Waals surface area contributed by atoms with Gasteiger partial charge in [0.15, 0.2) is 11.6 Å². The number of carbonyl (C=O) groups is 2. The lowest BCUT2D eigenvalue weighted by molar-refractivity contribution is -0.122. The van der Waals surface area contributed by atoms with Crippen molar-refractivity contribution in [3.8, 4) is 0 Å². The highest BCUT2D eigenvalue weighted by molar-refractivity contribution is 7.89. The van der Waals surface area contributed by atoms with Crippen LogP contribution in [0, 0.1) is 11.6 Å². The molecule has 0 bridgehead atoms. The van der Waals surface area contributed by atoms with Gasteiger partial charge in [-0.2, -0.15) is 0 Å². The molecule has 29 heavy (non-hydrogen) atoms. The fraction of sp³-hybridized carbons (Fsp3) is 0.158. The first-order valence-corrected chi connectivity index (χ1v) is 9.86. The molecule has 0 fully saturated rings. The number of halogens is 2. The van der Waals surface area contributed by atoms with E-state index in [0.29, 0.717) is 0 Å². The Hall–Kier alpha value is -3.11. The second kappa shape index (κ2) is 9.39. The lowest BCUT2D eigenvalue weighted by Crippen LogP contribution is -2.39. The Morgan fingerprint density at radius 3 is 2.31 bits per heavy atom. The van der Waals surface area contributed by atoms with Crippen molar-refractivity contribution < 1.29 is 26.8 Å². The first kappa shape index (κ1) is 22.2. The minimum absolute atomic E-state index is 0.0458. The Kier molecular flexibility index (Phi) is 7.18. The molecule has 7 nitrogen and oxygen atoms in total. The van der Waals surface area contributed by atoms with Gasteiger partial charge in [0.1, 0.15) is 6.04 Å². The monoisotopic (exact) mass is 423 g/mol. The molecular weight excluding hydrogens is 404 g/mol. The molecule has 0 aliphatic carbocycles. The minimum Gasteiger partial charge on any atom is -0.357 e. The summed E-state index contributed by atoms with van der Waals surface area (Å²) in [7, 11) is -2.42. The third-order valence-electron chi connectivity index (χ3n) is 3.91. The van der Waals surface area contributed by atoms with Gasteiger partial charge in [-0.1, -0.05) is 12.1 Å². The molecule has 1 atom stereocenters. The molecule has 0 aromatic heterocycles. The molecule has 1 unspecified atom stereocenters. The molecule has 154 valence electrons. The summed E-state index contributed by atoms with van der Waals surface area (Å²) in [6.45, 7) is 3.47. The number of carbonyl (C=O) groups excluding carboxylic acids is 2. The number of nitrogens with one attached hydrogen (secondary N) is 3. The standard InChI is InChI=1S/C19H19F2N3O4S/c1-3-10-23-29(27,28)14-7-4-12(5-8-14)18(25)24-17(19(26)22-2)13-6-9-15(20)16(21)11-13/h3-9,11,17,23H,1,10H2,2H3,(H,22,26)(H,24,25). The Bertz CT molecular complexity index is 1020. The van der Waals surface area contributed by atoms with E-state index in [2.05, 4.69) is 21.9 Å². The summed E-state index contributed by atoms with van der Waals surface area (Å²) in [5.74, 6) is -3.59. The highest BCUT2D eigenvalue weighted by atomic mass is 32.2. The number of rotatable bonds is 8. The molecule has 0 saturated heterocycles. The van der Waals surface area contributed by atoms with Gasteiger partial charge in [0, 0.05) is 19.2 Å². The van der Waals surface area contributed by atoms with Crippen LogP contribution in [0.2, 0.25) is 0 Å². The van der Waals surface area contributed by atoms with Crippen LogP contribution in [0.5, 0.6) is 0 Å². The normalized spacial score (nSPS) is 12.1. The van der Waals surface area contributed by atoms with Crippen LogP contribution < -0.4 is 15.4 Å². The lowest BCUT2D eigenvalue weighted by atomic mass is 10.0. The van der Waals surface area contributed by atoms with Crippen LogP contribution in [-0.4, -0.2) is 33.8 Å². The first-order valence-electron chi connectivity index (χ1n) is 8.37. The zero-order valence-electron chi connectivity index (χ0n) is 15.4. The molecule has 0 spiro atoms. The molecular formula is C19H19F2N3O4S. The van der Waals surface area contributed by atoms with Gasteiger partial charge in [0.2, 0.25) is 15.9 Å². The van der Waals surface area contributed by atoms with E-state index >= 15 is 0 Å². The molecule has 0 aliphatic rings. The minimum atomic E-state index is -3.75. The highest BCUT2D eigenvalue weighted by Gasteiger charge is 2.24. The maximum atomic E-state index is 13.5. The van der Waals surface area contributed by atoms with E-state index in [1.807, 2.05) is 0 Å². The predicted molar refractivity (Wildman–Crippen MR) is 102 cm³/mol. The second-order valence-electron chi connectivity index (χ2n) is 5.86. The zero-order valence-corrected chi connectivity index (χ0v) is 16.2. The van der Waals surface area contributed by atoms with Gasteiger partial charge in [0.05, 0.1) is 4.90 Å². The smallest absolute Gasteiger partial charge is 0.252 e. The van der Waals surface area contributed by atoms with Gasteiger partial charge in [-0.05, 0) is 42.0 Å². The first-order chi connectivity index (χ1) is 13.7. The summed E-state index contributed by atoms with van der Waals surface area (Å²) in [5, 5.41) is 4.76. The van der Waals surface area contributed by atoms with Gasteiger partial charge in [0.25, 0.3) is 5.91 Å². The Morgan fingerprint density at radius 2 is 1.76 bits per heavy atom. The summed E-state index contributed by atoms with van der Waals surface area (Å²) >= 11 is 0. The molecule has 2 amide bonds. The maximum absolute atomic E-state index is 13.5. The molecule has 2 aromatic carbocycles. The Balaban J connectivity index is 2.24. The number of benzene rings is 2. The third kappa shape index (κ3) is 5.46. The Labute approximate surface area is 166 Å². The van der Waals surface area contributed by atoms with Crippen molar-refractivity contribution >= 4 is 21.8 Å². The van der Waals surface area contributed by atoms with E-state index in [-0.39, 0.29) is 22.6 Å². The second-order valence-corrected chi connectivity index (χ2v) is 7.63. The van der Waals surface area contributed by atoms with Crippen LogP contribution in [-0.2, 0) is 14.8 Å². The average Bonchev–Trinajstić information content (AvgIpc) is 2.72. The summed E-state index contributed by atoms with van der Waals surface area (Å²) in [6, 6.07) is 6.56. The molecule has 2 rings (SSSR count). The van der Waals surface area contributed by atoms with Crippen molar-refractivity contribution in [2.45, 2.75) is 10.9 Å². The molecule has 0 radical (unpaired) electrons. The van der Waals surface area contributed by atoms with Crippen molar-refractivity contribution in [2.75, 3.05) is 13.6 Å². The third-order valence-corrected chi connectivity index (χ3v) is 5.34. The summed E-state index contributed by atoms with van der Waals surface area (Å²) in [5.41, 5.74) is 0.119. The quantitative estimate of drug-likeness (QED) is 0.562. The van der Waals surface area contributed by atoms with E-state index in [1.165, 1.54) is 43.5 Å². The molecule has 0 heterocycles. The van der Waals surface area contributed by atoms with E-state index in [1.54, 1.807) is 0 Å². The predicted octanol–water partition coefficient (Wildman–Crippen LogP) is 1.65. The van der Waals surface area contributed by atoms with Crippen LogP contribution in [0.25, 0.3) is 0 Å². The van der Waals surface area contributed by atoms with Crippen LogP contribution in [0.15, 0.2) is 60.0 Å². The number of sulfonamides is 1. The number of likely N-dealkylation sites (N-methyl/N-ethyl adjacent to an activating group) is 1. The molecule has 0 aliphatic heterocycles. The van der Waals surface area contributed by atoms with Crippen molar-refractivity contribution in [1.29, 1.82) is 0 Å². The fourth-order valence-corrected chi connectivity index (χ4v) is 3.39. The van der Waals surface area contributed by atoms with E-state index in [0.717, 1.165) is 12.1 Å². The molecule has 10 heteroatoms. The number of hydrogen-bond acceptors (Lipinski definition) is 4. The van der Waals surface area contributed by atoms with Crippen LogP contribution in [0.3, 0.4) is 0 Å². The summed E-state index contributed by atoms with van der Waals surface area (Å²) in [4.78, 5) is 24.6. The largest absolute Gasteiger partial charge is 0.357 e. The molecule has 0 saturated carbocycles. The Morgan fingerprint density at radius 1 is 1.10 bits per heavy atom. The highest BCUT2D eigenvalue weighted by Crippen LogP contribution is 2.18. The zero-order chi connectivity index (χ0) is 21.6. The van der Waals surface area contributed by atoms with Crippen molar-refractivity contribution in [1.82, 2.24) is 15.4 Å². The fourth-order valence-electron chi connectivity index (χ4n) is 2.39. The van der Waals surface area contributed by atoms with E-state index in [4.69, 9.17) is 0 Å². The van der Waals surface area contributed by atoms with Gasteiger partial charge >= 0.3 is 0 Å². The van der Waals surface area contributed by atoms with Gasteiger partial charge < -0.3 is 10.6 Å². The van der Waals surface area contributed by atoms with Crippen molar-refractivity contribution in [2.24, 2.45) is 0 Å². The number of amides is 2. The van der Waals surface area contributed by atoms with E-state index in [9.17, 15) is 26.8 Å². The topological polar surface area (TPSA) is 104 Å².